The van der Waals surface area contributed by atoms with Crippen molar-refractivity contribution in [3.8, 4) is 0 Å². The van der Waals surface area contributed by atoms with Crippen molar-refractivity contribution >= 4 is 23.6 Å². The summed E-state index contributed by atoms with van der Waals surface area (Å²) in [4.78, 5) is 21.4. The number of methoxy groups -OCH3 is 1. The first-order chi connectivity index (χ1) is 5.70. The molecule has 0 saturated carbocycles. The van der Waals surface area contributed by atoms with Gasteiger partial charge in [-0.25, -0.2) is 0 Å². The molecule has 0 aromatic heterocycles. The Morgan fingerprint density at radius 2 is 2.17 bits per heavy atom. The second-order valence-electron chi connectivity index (χ2n) is 2.10. The van der Waals surface area contributed by atoms with E-state index < -0.39 is 5.97 Å². The Morgan fingerprint density at radius 3 is 2.67 bits per heavy atom. The average molecular weight is 191 g/mol. The highest BCUT2D eigenvalue weighted by atomic mass is 32.2. The lowest BCUT2D eigenvalue weighted by Gasteiger charge is -2.01. The Balaban J connectivity index is 3.37. The Bertz CT molecular complexity index is 161. The molecule has 1 amide bonds. The van der Waals surface area contributed by atoms with Gasteiger partial charge >= 0.3 is 5.97 Å². The highest BCUT2D eigenvalue weighted by Gasteiger charge is 2.03. The number of nitrogens with one attached hydrogen (secondary N) is 1. The molecule has 1 N–H and O–H groups in total. The summed E-state index contributed by atoms with van der Waals surface area (Å²) in [5.74, 6) is 0.231. The molecule has 0 aromatic rings. The van der Waals surface area contributed by atoms with Gasteiger partial charge in [-0.05, 0) is 6.26 Å². The standard InChI is InChI=1S/C7H13NO3S/c1-11-7(10)5-8-6(9)3-4-12-2/h3-5H2,1-2H3,(H,8,9). The van der Waals surface area contributed by atoms with Crippen molar-refractivity contribution in [2.24, 2.45) is 0 Å². The molecule has 0 saturated heterocycles. The number of hydrogen-bond acceptors (Lipinski definition) is 4. The molecule has 0 unspecified atom stereocenters. The Labute approximate surface area is 76.0 Å². The molecule has 0 fully saturated rings. The fourth-order valence-electron chi connectivity index (χ4n) is 0.526. The van der Waals surface area contributed by atoms with E-state index in [0.717, 1.165) is 5.75 Å². The van der Waals surface area contributed by atoms with Gasteiger partial charge in [-0.3, -0.25) is 9.59 Å². The SMILES string of the molecule is COC(=O)CNC(=O)CCSC. The molecular weight excluding hydrogens is 178 g/mol. The molecule has 4 nitrogen and oxygen atoms in total. The average Bonchev–Trinajstić information content (AvgIpc) is 2.10. The van der Waals surface area contributed by atoms with Gasteiger partial charge in [0.15, 0.2) is 0 Å². The minimum atomic E-state index is -0.424. The maximum absolute atomic E-state index is 10.9. The summed E-state index contributed by atoms with van der Waals surface area (Å²) in [6, 6.07) is 0. The van der Waals surface area contributed by atoms with Gasteiger partial charge in [0.1, 0.15) is 6.54 Å². The van der Waals surface area contributed by atoms with Crippen LogP contribution < -0.4 is 5.32 Å². The molecule has 5 heteroatoms. The predicted octanol–water partition coefficient (Wildman–Crippen LogP) is 0.0287. The normalized spacial score (nSPS) is 9.17. The molecular formula is C7H13NO3S. The van der Waals surface area contributed by atoms with Gasteiger partial charge in [0.05, 0.1) is 7.11 Å². The summed E-state index contributed by atoms with van der Waals surface area (Å²) < 4.78 is 4.35. The molecule has 0 radical (unpaired) electrons. The van der Waals surface area contributed by atoms with E-state index in [1.54, 1.807) is 11.8 Å². The number of thioether (sulfide) groups is 1. The number of rotatable bonds is 5. The molecule has 0 aromatic carbocycles. The zero-order valence-electron chi connectivity index (χ0n) is 7.25. The van der Waals surface area contributed by atoms with Crippen LogP contribution in [-0.4, -0.2) is 37.5 Å². The lowest BCUT2D eigenvalue weighted by Crippen LogP contribution is -2.30. The lowest BCUT2D eigenvalue weighted by molar-refractivity contribution is -0.141. The summed E-state index contributed by atoms with van der Waals surface area (Å²) in [6.45, 7) is -0.0380. The third-order valence-electron chi connectivity index (χ3n) is 1.19. The summed E-state index contributed by atoms with van der Waals surface area (Å²) in [6.07, 6.45) is 2.37. The topological polar surface area (TPSA) is 55.4 Å². The molecule has 0 spiro atoms. The monoisotopic (exact) mass is 191 g/mol. The van der Waals surface area contributed by atoms with Gasteiger partial charge in [-0.1, -0.05) is 0 Å². The van der Waals surface area contributed by atoms with Crippen LogP contribution in [0.2, 0.25) is 0 Å². The third kappa shape index (κ3) is 6.03. The molecule has 12 heavy (non-hydrogen) atoms. The second kappa shape index (κ2) is 6.97. The third-order valence-corrected chi connectivity index (χ3v) is 1.80. The van der Waals surface area contributed by atoms with E-state index in [-0.39, 0.29) is 12.5 Å². The van der Waals surface area contributed by atoms with Crippen LogP contribution in [0.1, 0.15) is 6.42 Å². The molecule has 0 aliphatic rings. The van der Waals surface area contributed by atoms with Crippen molar-refractivity contribution in [1.29, 1.82) is 0 Å². The van der Waals surface area contributed by atoms with E-state index in [2.05, 4.69) is 10.1 Å². The highest BCUT2D eigenvalue weighted by Crippen LogP contribution is 1.94. The molecule has 0 rings (SSSR count). The van der Waals surface area contributed by atoms with Crippen molar-refractivity contribution < 1.29 is 14.3 Å². The molecule has 0 heterocycles. The van der Waals surface area contributed by atoms with Crippen LogP contribution in [0.15, 0.2) is 0 Å². The van der Waals surface area contributed by atoms with E-state index >= 15 is 0 Å². The van der Waals surface area contributed by atoms with Crippen LogP contribution in [0.5, 0.6) is 0 Å². The van der Waals surface area contributed by atoms with Crippen LogP contribution in [0.25, 0.3) is 0 Å². The summed E-state index contributed by atoms with van der Waals surface area (Å²) in [5, 5.41) is 2.44. The van der Waals surface area contributed by atoms with Crippen LogP contribution in [0.4, 0.5) is 0 Å². The van der Waals surface area contributed by atoms with Crippen molar-refractivity contribution in [3.63, 3.8) is 0 Å². The zero-order chi connectivity index (χ0) is 9.40. The maximum atomic E-state index is 10.9. The lowest BCUT2D eigenvalue weighted by atomic mass is 10.4. The Kier molecular flexibility index (Phi) is 6.55. The number of carbonyl (C=O) groups excluding carboxylic acids is 2. The number of amides is 1. The number of esters is 1. The van der Waals surface area contributed by atoms with E-state index in [9.17, 15) is 9.59 Å². The first-order valence-corrected chi connectivity index (χ1v) is 4.92. The number of ether oxygens (including phenoxy) is 1. The smallest absolute Gasteiger partial charge is 0.325 e. The van der Waals surface area contributed by atoms with Crippen LogP contribution in [-0.2, 0) is 14.3 Å². The van der Waals surface area contributed by atoms with Gasteiger partial charge in [0.25, 0.3) is 0 Å². The summed E-state index contributed by atoms with van der Waals surface area (Å²) >= 11 is 1.59. The second-order valence-corrected chi connectivity index (χ2v) is 3.08. The molecule has 0 aliphatic heterocycles. The van der Waals surface area contributed by atoms with Crippen LogP contribution in [0, 0.1) is 0 Å². The molecule has 0 atom stereocenters. The quantitative estimate of drug-likeness (QED) is 0.623. The van der Waals surface area contributed by atoms with Gasteiger partial charge in [0.2, 0.25) is 5.91 Å². The predicted molar refractivity (Wildman–Crippen MR) is 48.0 cm³/mol. The Hall–Kier alpha value is -0.710. The Morgan fingerprint density at radius 1 is 1.50 bits per heavy atom. The van der Waals surface area contributed by atoms with E-state index in [1.165, 1.54) is 7.11 Å². The highest BCUT2D eigenvalue weighted by molar-refractivity contribution is 7.98. The molecule has 0 bridgehead atoms. The number of hydrogen-bond donors (Lipinski definition) is 1. The zero-order valence-corrected chi connectivity index (χ0v) is 8.07. The van der Waals surface area contributed by atoms with Crippen molar-refractivity contribution in [2.45, 2.75) is 6.42 Å². The van der Waals surface area contributed by atoms with E-state index in [0.29, 0.717) is 6.42 Å². The minimum Gasteiger partial charge on any atom is -0.468 e. The molecule has 0 aliphatic carbocycles. The maximum Gasteiger partial charge on any atom is 0.325 e. The van der Waals surface area contributed by atoms with Gasteiger partial charge in [0, 0.05) is 12.2 Å². The van der Waals surface area contributed by atoms with Crippen LogP contribution >= 0.6 is 11.8 Å². The summed E-state index contributed by atoms with van der Waals surface area (Å²) in [7, 11) is 1.29. The van der Waals surface area contributed by atoms with Crippen molar-refractivity contribution in [3.05, 3.63) is 0 Å². The first kappa shape index (κ1) is 11.3. The fraction of sp³-hybridized carbons (Fsp3) is 0.714. The van der Waals surface area contributed by atoms with E-state index in [1.807, 2.05) is 6.26 Å². The summed E-state index contributed by atoms with van der Waals surface area (Å²) in [5.41, 5.74) is 0. The largest absolute Gasteiger partial charge is 0.468 e. The van der Waals surface area contributed by atoms with Gasteiger partial charge < -0.3 is 10.1 Å². The van der Waals surface area contributed by atoms with Gasteiger partial charge in [-0.2, -0.15) is 11.8 Å². The van der Waals surface area contributed by atoms with Crippen molar-refractivity contribution in [2.75, 3.05) is 25.7 Å². The number of carbonyl (C=O) groups is 2. The minimum absolute atomic E-state index is 0.0380. The van der Waals surface area contributed by atoms with Crippen molar-refractivity contribution in [1.82, 2.24) is 5.32 Å². The van der Waals surface area contributed by atoms with Crippen LogP contribution in [0.3, 0.4) is 0 Å². The first-order valence-electron chi connectivity index (χ1n) is 3.53. The fourth-order valence-corrected chi connectivity index (χ4v) is 0.916. The van der Waals surface area contributed by atoms with Gasteiger partial charge in [-0.15, -0.1) is 0 Å². The van der Waals surface area contributed by atoms with E-state index in [4.69, 9.17) is 0 Å². The molecule has 70 valence electrons.